The van der Waals surface area contributed by atoms with Gasteiger partial charge in [-0.1, -0.05) is 5.16 Å². The summed E-state index contributed by atoms with van der Waals surface area (Å²) >= 11 is 0. The van der Waals surface area contributed by atoms with Gasteiger partial charge in [-0.15, -0.1) is 0 Å². The number of hydrogen-bond acceptors (Lipinski definition) is 5. The topological polar surface area (TPSA) is 61.6 Å². The van der Waals surface area contributed by atoms with Crippen molar-refractivity contribution in [3.63, 3.8) is 0 Å². The average molecular weight is 265 g/mol. The van der Waals surface area contributed by atoms with Crippen molar-refractivity contribution >= 4 is 5.97 Å². The van der Waals surface area contributed by atoms with E-state index >= 15 is 0 Å². The summed E-state index contributed by atoms with van der Waals surface area (Å²) in [5.74, 6) is -0.424. The molecule has 100 valence electrons. The number of carbonyl (C=O) groups excluding carboxylic acids is 1. The second-order valence-corrected chi connectivity index (χ2v) is 3.80. The zero-order chi connectivity index (χ0) is 14.0. The van der Waals surface area contributed by atoms with Crippen LogP contribution >= 0.6 is 0 Å². The highest BCUT2D eigenvalue weighted by Gasteiger charge is 2.24. The standard InChI is InChI=1S/C13H12FNO4/c1-7-11(13(16)18-3)12(15-19-7)9-5-4-8(14)6-10(9)17-2/h4-6H,1-3H3. The van der Waals surface area contributed by atoms with E-state index in [1.807, 2.05) is 0 Å². The Morgan fingerprint density at radius 3 is 2.74 bits per heavy atom. The Kier molecular flexibility index (Phi) is 3.50. The van der Waals surface area contributed by atoms with Crippen molar-refractivity contribution in [1.82, 2.24) is 5.16 Å². The van der Waals surface area contributed by atoms with Crippen molar-refractivity contribution in [3.05, 3.63) is 35.3 Å². The predicted molar refractivity (Wildman–Crippen MR) is 64.5 cm³/mol. The summed E-state index contributed by atoms with van der Waals surface area (Å²) in [6, 6.07) is 3.93. The Balaban J connectivity index is 2.63. The molecule has 2 aromatic rings. The van der Waals surface area contributed by atoms with Crippen molar-refractivity contribution in [2.24, 2.45) is 0 Å². The molecule has 5 nitrogen and oxygen atoms in total. The first-order valence-electron chi connectivity index (χ1n) is 5.47. The monoisotopic (exact) mass is 265 g/mol. The van der Waals surface area contributed by atoms with Crippen LogP contribution in [-0.4, -0.2) is 25.3 Å². The number of benzene rings is 1. The first-order valence-corrected chi connectivity index (χ1v) is 5.47. The molecule has 1 aromatic carbocycles. The van der Waals surface area contributed by atoms with Crippen LogP contribution in [-0.2, 0) is 4.74 Å². The zero-order valence-corrected chi connectivity index (χ0v) is 10.7. The zero-order valence-electron chi connectivity index (χ0n) is 10.7. The molecule has 6 heteroatoms. The molecule has 0 unspecified atom stereocenters. The lowest BCUT2D eigenvalue weighted by Gasteiger charge is -2.07. The number of carbonyl (C=O) groups is 1. The second-order valence-electron chi connectivity index (χ2n) is 3.80. The summed E-state index contributed by atoms with van der Waals surface area (Å²) in [6.07, 6.45) is 0. The van der Waals surface area contributed by atoms with Gasteiger partial charge in [0.25, 0.3) is 0 Å². The number of aromatic nitrogens is 1. The van der Waals surface area contributed by atoms with Gasteiger partial charge in [0.15, 0.2) is 0 Å². The van der Waals surface area contributed by atoms with Gasteiger partial charge in [0.1, 0.15) is 28.6 Å². The van der Waals surface area contributed by atoms with Gasteiger partial charge in [-0.3, -0.25) is 0 Å². The summed E-state index contributed by atoms with van der Waals surface area (Å²) < 4.78 is 27.9. The number of hydrogen-bond donors (Lipinski definition) is 0. The molecule has 1 aromatic heterocycles. The molecule has 0 bridgehead atoms. The third-order valence-electron chi connectivity index (χ3n) is 2.67. The van der Waals surface area contributed by atoms with E-state index in [4.69, 9.17) is 9.26 Å². The van der Waals surface area contributed by atoms with E-state index in [0.717, 1.165) is 0 Å². The average Bonchev–Trinajstić information content (AvgIpc) is 2.79. The normalized spacial score (nSPS) is 10.3. The van der Waals surface area contributed by atoms with Crippen LogP contribution in [0.25, 0.3) is 11.3 Å². The Labute approximate surface area is 108 Å². The van der Waals surface area contributed by atoms with E-state index in [1.165, 1.54) is 32.4 Å². The minimum atomic E-state index is -0.569. The Morgan fingerprint density at radius 2 is 2.11 bits per heavy atom. The minimum absolute atomic E-state index is 0.201. The van der Waals surface area contributed by atoms with Crippen LogP contribution in [0.4, 0.5) is 4.39 Å². The van der Waals surface area contributed by atoms with Crippen LogP contribution in [0.2, 0.25) is 0 Å². The van der Waals surface area contributed by atoms with Crippen molar-refractivity contribution < 1.29 is 23.2 Å². The molecule has 1 heterocycles. The number of methoxy groups -OCH3 is 2. The Hall–Kier alpha value is -2.37. The number of aryl methyl sites for hydroxylation is 1. The fourth-order valence-corrected chi connectivity index (χ4v) is 1.76. The van der Waals surface area contributed by atoms with Gasteiger partial charge in [0.05, 0.1) is 14.2 Å². The fraction of sp³-hybridized carbons (Fsp3) is 0.231. The maximum atomic E-state index is 13.2. The van der Waals surface area contributed by atoms with Gasteiger partial charge < -0.3 is 14.0 Å². The van der Waals surface area contributed by atoms with Crippen LogP contribution < -0.4 is 4.74 Å². The third kappa shape index (κ3) is 2.29. The van der Waals surface area contributed by atoms with E-state index < -0.39 is 11.8 Å². The lowest BCUT2D eigenvalue weighted by Crippen LogP contribution is -2.04. The molecule has 0 aliphatic rings. The van der Waals surface area contributed by atoms with Gasteiger partial charge in [-0.25, -0.2) is 9.18 Å². The van der Waals surface area contributed by atoms with E-state index in [2.05, 4.69) is 9.89 Å². The Morgan fingerprint density at radius 1 is 1.37 bits per heavy atom. The second kappa shape index (κ2) is 5.09. The minimum Gasteiger partial charge on any atom is -0.496 e. The lowest BCUT2D eigenvalue weighted by atomic mass is 10.1. The summed E-state index contributed by atoms with van der Waals surface area (Å²) in [5, 5.41) is 3.81. The highest BCUT2D eigenvalue weighted by atomic mass is 19.1. The van der Waals surface area contributed by atoms with E-state index in [1.54, 1.807) is 6.92 Å². The number of halogens is 1. The molecule has 2 rings (SSSR count). The highest BCUT2D eigenvalue weighted by Crippen LogP contribution is 2.33. The number of nitrogens with zero attached hydrogens (tertiary/aromatic N) is 1. The van der Waals surface area contributed by atoms with E-state index in [9.17, 15) is 9.18 Å². The molecule has 0 N–H and O–H groups in total. The van der Waals surface area contributed by atoms with Crippen LogP contribution in [0.1, 0.15) is 16.1 Å². The van der Waals surface area contributed by atoms with Gasteiger partial charge in [-0.2, -0.15) is 0 Å². The molecule has 0 amide bonds. The first-order chi connectivity index (χ1) is 9.08. The fourth-order valence-electron chi connectivity index (χ4n) is 1.76. The Bertz CT molecular complexity index is 621. The summed E-state index contributed by atoms with van der Waals surface area (Å²) in [4.78, 5) is 11.7. The predicted octanol–water partition coefficient (Wildman–Crippen LogP) is 2.58. The van der Waals surface area contributed by atoms with Crippen LogP contribution in [0.3, 0.4) is 0 Å². The van der Waals surface area contributed by atoms with Crippen molar-refractivity contribution in [3.8, 4) is 17.0 Å². The molecule has 0 saturated heterocycles. The first kappa shape index (κ1) is 13.1. The number of rotatable bonds is 3. The van der Waals surface area contributed by atoms with Crippen LogP contribution in [0.15, 0.2) is 22.7 Å². The number of esters is 1. The molecule has 19 heavy (non-hydrogen) atoms. The van der Waals surface area contributed by atoms with E-state index in [0.29, 0.717) is 11.3 Å². The molecule has 0 aliphatic heterocycles. The molecule has 0 saturated carbocycles. The van der Waals surface area contributed by atoms with Crippen molar-refractivity contribution in [1.29, 1.82) is 0 Å². The molecular formula is C13H12FNO4. The van der Waals surface area contributed by atoms with Gasteiger partial charge >= 0.3 is 5.97 Å². The maximum absolute atomic E-state index is 13.2. The summed E-state index contributed by atoms with van der Waals surface area (Å²) in [7, 11) is 2.67. The number of ether oxygens (including phenoxy) is 2. The van der Waals surface area contributed by atoms with E-state index in [-0.39, 0.29) is 17.0 Å². The smallest absolute Gasteiger partial charge is 0.343 e. The van der Waals surface area contributed by atoms with Gasteiger partial charge in [-0.05, 0) is 19.1 Å². The molecular weight excluding hydrogens is 253 g/mol. The lowest BCUT2D eigenvalue weighted by molar-refractivity contribution is 0.0599. The molecule has 0 atom stereocenters. The SMILES string of the molecule is COC(=O)c1c(-c2ccc(F)cc2OC)noc1C. The van der Waals surface area contributed by atoms with Crippen molar-refractivity contribution in [2.75, 3.05) is 14.2 Å². The third-order valence-corrected chi connectivity index (χ3v) is 2.67. The highest BCUT2D eigenvalue weighted by molar-refractivity contribution is 5.97. The van der Waals surface area contributed by atoms with Crippen LogP contribution in [0, 0.1) is 12.7 Å². The molecule has 0 aliphatic carbocycles. The van der Waals surface area contributed by atoms with Crippen LogP contribution in [0.5, 0.6) is 5.75 Å². The van der Waals surface area contributed by atoms with Crippen molar-refractivity contribution in [2.45, 2.75) is 6.92 Å². The summed E-state index contributed by atoms with van der Waals surface area (Å²) in [6.45, 7) is 1.60. The maximum Gasteiger partial charge on any atom is 0.343 e. The molecule has 0 spiro atoms. The molecule has 0 radical (unpaired) electrons. The largest absolute Gasteiger partial charge is 0.496 e. The van der Waals surface area contributed by atoms with Gasteiger partial charge in [0.2, 0.25) is 0 Å². The summed E-state index contributed by atoms with van der Waals surface area (Å²) in [5.41, 5.74) is 0.926. The quantitative estimate of drug-likeness (QED) is 0.798. The van der Waals surface area contributed by atoms with Gasteiger partial charge in [0, 0.05) is 11.6 Å². The molecule has 0 fully saturated rings.